The number of hydrogen-bond donors (Lipinski definition) is 5. The summed E-state index contributed by atoms with van der Waals surface area (Å²) in [6.07, 6.45) is 2.22. The number of carbonyl (C=O) groups excluding carboxylic acids is 6. The summed E-state index contributed by atoms with van der Waals surface area (Å²) in [7, 11) is 4.12. The van der Waals surface area contributed by atoms with Gasteiger partial charge in [0.05, 0.1) is 25.9 Å². The summed E-state index contributed by atoms with van der Waals surface area (Å²) in [6.45, 7) is 7.34. The quantitative estimate of drug-likeness (QED) is 0.0306. The number of esters is 4. The van der Waals surface area contributed by atoms with Crippen LogP contribution in [0.25, 0.3) is 0 Å². The van der Waals surface area contributed by atoms with Gasteiger partial charge in [-0.1, -0.05) is 90.4 Å². The van der Waals surface area contributed by atoms with Crippen molar-refractivity contribution < 1.29 is 96.6 Å². The number of ether oxygens (including phenoxy) is 10. The van der Waals surface area contributed by atoms with Gasteiger partial charge in [-0.05, 0) is 72.0 Å². The van der Waals surface area contributed by atoms with Crippen LogP contribution in [0.3, 0.4) is 0 Å². The maximum atomic E-state index is 12.6. The van der Waals surface area contributed by atoms with Crippen molar-refractivity contribution in [2.45, 2.75) is 275 Å². The minimum Gasteiger partial charge on any atom is -0.460 e. The zero-order valence-corrected chi connectivity index (χ0v) is 47.9. The van der Waals surface area contributed by atoms with E-state index < -0.39 is 116 Å². The van der Waals surface area contributed by atoms with Gasteiger partial charge in [0.15, 0.2) is 37.2 Å². The van der Waals surface area contributed by atoms with Crippen LogP contribution in [0.2, 0.25) is 0 Å². The number of unbranched alkanes of at least 4 members (excludes halogenated alkanes) is 15. The third-order valence-corrected chi connectivity index (χ3v) is 14.1. The van der Waals surface area contributed by atoms with Gasteiger partial charge in [-0.25, -0.2) is 0 Å². The van der Waals surface area contributed by atoms with Gasteiger partial charge < -0.3 is 78.0 Å². The summed E-state index contributed by atoms with van der Waals surface area (Å²) in [4.78, 5) is 75.2. The predicted octanol–water partition coefficient (Wildman–Crippen LogP) is 5.01. The van der Waals surface area contributed by atoms with Gasteiger partial charge in [-0.15, -0.1) is 0 Å². The second kappa shape index (κ2) is 39.1. The minimum absolute atomic E-state index is 0.162. The van der Waals surface area contributed by atoms with E-state index in [1.807, 2.05) is 0 Å². The number of hydrogen-bond acceptors (Lipinski definition) is 21. The van der Waals surface area contributed by atoms with E-state index in [-0.39, 0.29) is 19.1 Å². The third kappa shape index (κ3) is 27.4. The lowest BCUT2D eigenvalue weighted by Gasteiger charge is -2.45. The molecule has 1 amide bonds. The fourth-order valence-electron chi connectivity index (χ4n) is 9.90. The van der Waals surface area contributed by atoms with Crippen molar-refractivity contribution in [3.63, 3.8) is 0 Å². The number of carbonyl (C=O) groups is 6. The first-order valence-electron chi connectivity index (χ1n) is 29.0. The van der Waals surface area contributed by atoms with Crippen molar-refractivity contribution in [2.75, 3.05) is 47.0 Å². The highest BCUT2D eigenvalue weighted by Crippen LogP contribution is 2.32. The minimum atomic E-state index is -1.77. The summed E-state index contributed by atoms with van der Waals surface area (Å²) in [5.74, 6) is -2.36. The Morgan fingerprint density at radius 2 is 1.04 bits per heavy atom. The number of aliphatic hydroxyl groups is 4. The summed E-state index contributed by atoms with van der Waals surface area (Å²) in [5.41, 5.74) is 0. The van der Waals surface area contributed by atoms with Crippen LogP contribution in [-0.4, -0.2) is 194 Å². The predicted molar refractivity (Wildman–Crippen MR) is 283 cm³/mol. The standard InChI is InChI=1S/C56H98N2O20/c1-8-9-20-29-44(43(72-37(2)59)30-23-18-15-17-22-28-41(63)27-21-16-13-11-10-12-14-19-24-31-47(65)57-32-25-26-33-58(6)7)76-54-49(67)48(66)45(35-70-54)77-55-50(68)51(42(64)34-69-55)78-56-53(75-40(5)62)52(74-39(4)61)46(36-71-56)73-38(3)60/h42-46,48-56,64,66-68H,8-36H2,1-7H3,(H,57,65)/t42-,43+,44-,45-,46-,48-,49+,50+,51-,52-,53+,54-,55-,56-/m0/s1. The molecule has 0 aromatic carbocycles. The van der Waals surface area contributed by atoms with Gasteiger partial charge in [-0.2, -0.15) is 0 Å². The van der Waals surface area contributed by atoms with Crippen LogP contribution in [0.5, 0.6) is 0 Å². The van der Waals surface area contributed by atoms with Crippen molar-refractivity contribution in [1.82, 2.24) is 10.2 Å². The molecular formula is C56H98N2O20. The Kier molecular flexibility index (Phi) is 34.5. The maximum absolute atomic E-state index is 12.6. The first-order chi connectivity index (χ1) is 37.3. The average molecular weight is 1120 g/mol. The molecule has 0 aliphatic carbocycles. The molecule has 0 radical (unpaired) electrons. The summed E-state index contributed by atoms with van der Waals surface area (Å²) >= 11 is 0. The highest BCUT2D eigenvalue weighted by atomic mass is 16.8. The number of aliphatic hydroxyl groups excluding tert-OH is 4. The maximum Gasteiger partial charge on any atom is 0.303 e. The molecule has 0 spiro atoms. The van der Waals surface area contributed by atoms with Gasteiger partial charge in [-0.3, -0.25) is 28.8 Å². The summed E-state index contributed by atoms with van der Waals surface area (Å²) < 4.78 is 57.2. The number of amides is 1. The molecule has 0 bridgehead atoms. The lowest BCUT2D eigenvalue weighted by Crippen LogP contribution is -2.63. The Morgan fingerprint density at radius 1 is 0.513 bits per heavy atom. The van der Waals surface area contributed by atoms with E-state index in [2.05, 4.69) is 31.2 Å². The van der Waals surface area contributed by atoms with Crippen LogP contribution in [0, 0.1) is 0 Å². The van der Waals surface area contributed by atoms with Crippen molar-refractivity contribution in [3.8, 4) is 0 Å². The second-order valence-corrected chi connectivity index (χ2v) is 21.4. The molecule has 3 aliphatic heterocycles. The Labute approximate surface area is 462 Å². The Morgan fingerprint density at radius 3 is 1.63 bits per heavy atom. The summed E-state index contributed by atoms with van der Waals surface area (Å²) in [6, 6.07) is 0. The molecule has 0 aromatic rings. The molecule has 0 aromatic heterocycles. The largest absolute Gasteiger partial charge is 0.460 e. The third-order valence-electron chi connectivity index (χ3n) is 14.1. The average Bonchev–Trinajstić information content (AvgIpc) is 3.44. The van der Waals surface area contributed by atoms with E-state index in [0.29, 0.717) is 37.9 Å². The normalized spacial score (nSPS) is 27.1. The van der Waals surface area contributed by atoms with E-state index in [1.165, 1.54) is 26.2 Å². The van der Waals surface area contributed by atoms with E-state index in [0.717, 1.165) is 137 Å². The number of ketones is 1. The van der Waals surface area contributed by atoms with Gasteiger partial charge in [0.25, 0.3) is 0 Å². The molecule has 14 atom stereocenters. The van der Waals surface area contributed by atoms with Crippen molar-refractivity contribution in [1.29, 1.82) is 0 Å². The van der Waals surface area contributed by atoms with E-state index in [9.17, 15) is 49.2 Å². The number of rotatable bonds is 40. The number of nitrogens with one attached hydrogen (secondary N) is 1. The van der Waals surface area contributed by atoms with E-state index in [4.69, 9.17) is 47.4 Å². The van der Waals surface area contributed by atoms with Gasteiger partial charge in [0, 0.05) is 53.5 Å². The zero-order chi connectivity index (χ0) is 57.4. The molecule has 0 unspecified atom stereocenters. The van der Waals surface area contributed by atoms with Crippen LogP contribution in [0.4, 0.5) is 0 Å². The second-order valence-electron chi connectivity index (χ2n) is 21.4. The highest BCUT2D eigenvalue weighted by molar-refractivity contribution is 5.78. The fraction of sp³-hybridized carbons (Fsp3) is 0.893. The Balaban J connectivity index is 1.40. The molecule has 78 heavy (non-hydrogen) atoms. The van der Waals surface area contributed by atoms with E-state index >= 15 is 0 Å². The molecule has 3 fully saturated rings. The first-order valence-corrected chi connectivity index (χ1v) is 29.0. The highest BCUT2D eigenvalue weighted by Gasteiger charge is 2.52. The van der Waals surface area contributed by atoms with Crippen LogP contribution < -0.4 is 5.32 Å². The molecule has 3 rings (SSSR count). The van der Waals surface area contributed by atoms with Crippen LogP contribution in [-0.2, 0) is 76.1 Å². The van der Waals surface area contributed by atoms with Crippen LogP contribution in [0.1, 0.15) is 189 Å². The number of Topliss-reactive ketones (excluding diaryl/α,β-unsaturated/α-hetero) is 1. The Bertz CT molecular complexity index is 1720. The lowest BCUT2D eigenvalue weighted by atomic mass is 9.98. The summed E-state index contributed by atoms with van der Waals surface area (Å²) in [5, 5.41) is 48.0. The topological polar surface area (TPSA) is 291 Å². The SMILES string of the molecule is CCCCC[C@H](O[C@@H]1OC[C@H](O[C@@H]2OC[C@H](O)[C@H](O[C@@H]3OC[C@H](OC(C)=O)[C@H](OC(C)=O)[C@H]3OC(C)=O)[C@H]2O)[C@H](O)[C@H]1O)[C@@H](CCCCCCCC(=O)CCCCCCCCCCCC(=O)NCCCCN(C)C)OC(C)=O. The van der Waals surface area contributed by atoms with Crippen LogP contribution in [0.15, 0.2) is 0 Å². The van der Waals surface area contributed by atoms with Gasteiger partial charge >= 0.3 is 23.9 Å². The van der Waals surface area contributed by atoms with Crippen molar-refractivity contribution >= 4 is 35.6 Å². The molecule has 3 aliphatic rings. The molecule has 3 saturated heterocycles. The fourth-order valence-corrected chi connectivity index (χ4v) is 9.90. The lowest BCUT2D eigenvalue weighted by molar-refractivity contribution is -0.356. The monoisotopic (exact) mass is 1120 g/mol. The smallest absolute Gasteiger partial charge is 0.303 e. The first kappa shape index (κ1) is 68.9. The molecule has 22 nitrogen and oxygen atoms in total. The Hall–Kier alpha value is -3.42. The van der Waals surface area contributed by atoms with Crippen molar-refractivity contribution in [3.05, 3.63) is 0 Å². The van der Waals surface area contributed by atoms with Gasteiger partial charge in [0.2, 0.25) is 5.91 Å². The molecular weight excluding hydrogens is 1020 g/mol. The van der Waals surface area contributed by atoms with Crippen LogP contribution >= 0.6 is 0 Å². The zero-order valence-electron chi connectivity index (χ0n) is 47.9. The molecule has 0 saturated carbocycles. The van der Waals surface area contributed by atoms with Gasteiger partial charge in [0.1, 0.15) is 48.5 Å². The molecule has 3 heterocycles. The number of nitrogens with zero attached hydrogens (tertiary/aromatic N) is 1. The molecule has 452 valence electrons. The molecule has 22 heteroatoms. The van der Waals surface area contributed by atoms with E-state index in [1.54, 1.807) is 0 Å². The van der Waals surface area contributed by atoms with Crippen molar-refractivity contribution in [2.24, 2.45) is 0 Å². The molecule has 5 N–H and O–H groups in total.